The number of fused-ring (bicyclic) bond motifs is 2. The number of halogens is 1. The van der Waals surface area contributed by atoms with Gasteiger partial charge in [0.1, 0.15) is 40.2 Å². The first-order chi connectivity index (χ1) is 20.2. The molecular formula is C25H29ClN10O4S2. The van der Waals surface area contributed by atoms with Crippen molar-refractivity contribution in [3.05, 3.63) is 48.5 Å². The fourth-order valence-electron chi connectivity index (χ4n) is 3.81. The molecule has 0 saturated carbocycles. The minimum Gasteiger partial charge on any atom is -0.345 e. The van der Waals surface area contributed by atoms with Gasteiger partial charge in [-0.15, -0.1) is 5.10 Å². The van der Waals surface area contributed by atoms with Crippen LogP contribution in [0.3, 0.4) is 0 Å². The summed E-state index contributed by atoms with van der Waals surface area (Å²) in [5, 5.41) is 28.3. The van der Waals surface area contributed by atoms with Gasteiger partial charge in [0.25, 0.3) is 0 Å². The van der Waals surface area contributed by atoms with Gasteiger partial charge in [-0.1, -0.05) is 59.7 Å². The molecule has 0 aliphatic carbocycles. The lowest BCUT2D eigenvalue weighted by molar-refractivity contribution is -0.137. The van der Waals surface area contributed by atoms with Gasteiger partial charge < -0.3 is 21.3 Å². The molecule has 42 heavy (non-hydrogen) atoms. The SMILES string of the molecule is CC(C)C1NC(=O)C(CSSC[C@@H]2NC(=O)CNC2=O)NC1=O.Cln1nnc2ccccc21.c1ccc2n[nH]nc2c1. The molecule has 2 fully saturated rings. The van der Waals surface area contributed by atoms with E-state index in [0.717, 1.165) is 22.1 Å². The molecule has 2 aliphatic heterocycles. The first-order valence-electron chi connectivity index (χ1n) is 12.9. The fourth-order valence-corrected chi connectivity index (χ4v) is 6.32. The second-order valence-corrected chi connectivity index (χ2v) is 12.3. The molecule has 2 aliphatic rings. The van der Waals surface area contributed by atoms with Crippen molar-refractivity contribution in [3.8, 4) is 0 Å². The van der Waals surface area contributed by atoms with Crippen LogP contribution >= 0.6 is 33.4 Å². The van der Waals surface area contributed by atoms with Crippen LogP contribution in [0.25, 0.3) is 22.1 Å². The van der Waals surface area contributed by atoms with Crippen LogP contribution in [0.2, 0.25) is 0 Å². The van der Waals surface area contributed by atoms with Gasteiger partial charge in [-0.05, 0) is 35.4 Å². The number of para-hydroxylation sites is 3. The van der Waals surface area contributed by atoms with Crippen LogP contribution < -0.4 is 21.3 Å². The highest BCUT2D eigenvalue weighted by molar-refractivity contribution is 8.76. The van der Waals surface area contributed by atoms with Crippen molar-refractivity contribution in [1.82, 2.24) is 51.2 Å². The molecule has 3 atom stereocenters. The van der Waals surface area contributed by atoms with Crippen molar-refractivity contribution < 1.29 is 19.2 Å². The minimum atomic E-state index is -0.579. The zero-order valence-electron chi connectivity index (χ0n) is 22.6. The number of amides is 4. The summed E-state index contributed by atoms with van der Waals surface area (Å²) in [6, 6.07) is 13.6. The van der Waals surface area contributed by atoms with Crippen molar-refractivity contribution in [1.29, 1.82) is 0 Å². The third-order valence-corrected chi connectivity index (χ3v) is 8.71. The highest BCUT2D eigenvalue weighted by atomic mass is 35.5. The van der Waals surface area contributed by atoms with Gasteiger partial charge in [-0.2, -0.15) is 19.6 Å². The van der Waals surface area contributed by atoms with E-state index in [1.54, 1.807) is 0 Å². The smallest absolute Gasteiger partial charge is 0.244 e. The minimum absolute atomic E-state index is 0.0123. The van der Waals surface area contributed by atoms with E-state index in [1.807, 2.05) is 62.4 Å². The van der Waals surface area contributed by atoms with E-state index in [-0.39, 0.29) is 36.1 Å². The standard InChI is InChI=1S/C13H20N4O4S2.C6H4ClN3.C6H5N3/c1-6(2)10-13(21)16-8(12(20)17-10)5-23-22-4-7-11(19)14-3-9(18)15-7;7-10-6-4-2-1-3-5(6)8-9-10;1-2-4-6-5(3-1)7-9-8-6/h6-8,10H,3-5H2,1-2H3,(H,14,19)(H,15,18)(H,16,21)(H,17,20);1-4H;1-4H,(H,7,8,9)/t7-,8?,10?;;/m0../s1. The van der Waals surface area contributed by atoms with Gasteiger partial charge in [-0.25, -0.2) is 0 Å². The van der Waals surface area contributed by atoms with E-state index < -0.39 is 18.1 Å². The van der Waals surface area contributed by atoms with Crippen molar-refractivity contribution >= 4 is 79.1 Å². The molecule has 14 nitrogen and oxygen atoms in total. The number of carbonyl (C=O) groups excluding carboxylic acids is 4. The summed E-state index contributed by atoms with van der Waals surface area (Å²) in [5.74, 6) is 0.0544. The predicted octanol–water partition coefficient (Wildman–Crippen LogP) is 1.01. The van der Waals surface area contributed by atoms with Crippen LogP contribution in [-0.2, 0) is 19.2 Å². The maximum atomic E-state index is 12.0. The number of hydrogen-bond acceptors (Lipinski definition) is 10. The number of nitrogens with zero attached hydrogens (tertiary/aromatic N) is 5. The number of rotatable bonds is 6. The average molecular weight is 633 g/mol. The Bertz CT molecular complexity index is 1520. The molecule has 5 N–H and O–H groups in total. The Labute approximate surface area is 253 Å². The number of benzene rings is 2. The number of H-pyrrole nitrogens is 1. The number of piperazine rings is 2. The largest absolute Gasteiger partial charge is 0.345 e. The van der Waals surface area contributed by atoms with Gasteiger partial charge in [0.05, 0.1) is 6.54 Å². The number of carbonyl (C=O) groups is 4. The third kappa shape index (κ3) is 8.33. The molecule has 4 aromatic rings. The zero-order valence-corrected chi connectivity index (χ0v) is 25.0. The van der Waals surface area contributed by atoms with E-state index in [9.17, 15) is 19.2 Å². The summed E-state index contributed by atoms with van der Waals surface area (Å²) in [4.78, 5) is 46.7. The lowest BCUT2D eigenvalue weighted by Crippen LogP contribution is -2.63. The molecule has 4 amide bonds. The van der Waals surface area contributed by atoms with Crippen LogP contribution in [0.15, 0.2) is 48.5 Å². The van der Waals surface area contributed by atoms with Gasteiger partial charge in [0.15, 0.2) is 0 Å². The molecule has 2 saturated heterocycles. The molecule has 17 heteroatoms. The molecule has 2 aromatic heterocycles. The third-order valence-electron chi connectivity index (χ3n) is 6.04. The van der Waals surface area contributed by atoms with Gasteiger partial charge >= 0.3 is 0 Å². The van der Waals surface area contributed by atoms with Crippen molar-refractivity contribution in [2.24, 2.45) is 5.92 Å². The Kier molecular flexibility index (Phi) is 11.0. The van der Waals surface area contributed by atoms with Crippen molar-refractivity contribution in [2.75, 3.05) is 18.1 Å². The Hall–Kier alpha value is -3.89. The first-order valence-corrected chi connectivity index (χ1v) is 15.7. The first kappa shape index (κ1) is 31.1. The lowest BCUT2D eigenvalue weighted by Gasteiger charge is -2.31. The summed E-state index contributed by atoms with van der Waals surface area (Å²) in [5.41, 5.74) is 3.48. The fraction of sp³-hybridized carbons (Fsp3) is 0.360. The van der Waals surface area contributed by atoms with E-state index in [4.69, 9.17) is 11.8 Å². The maximum absolute atomic E-state index is 12.0. The van der Waals surface area contributed by atoms with Crippen LogP contribution in [-0.4, -0.2) is 89.7 Å². The number of aromatic nitrogens is 6. The Balaban J connectivity index is 0.000000172. The topological polar surface area (TPSA) is 189 Å². The summed E-state index contributed by atoms with van der Waals surface area (Å²) < 4.78 is 1.23. The molecule has 6 rings (SSSR count). The Morgan fingerprint density at radius 1 is 0.833 bits per heavy atom. The Morgan fingerprint density at radius 3 is 2.05 bits per heavy atom. The maximum Gasteiger partial charge on any atom is 0.244 e. The highest BCUT2D eigenvalue weighted by Gasteiger charge is 2.35. The van der Waals surface area contributed by atoms with E-state index in [0.29, 0.717) is 11.5 Å². The Morgan fingerprint density at radius 2 is 1.43 bits per heavy atom. The summed E-state index contributed by atoms with van der Waals surface area (Å²) in [6.07, 6.45) is 0. The molecule has 2 aromatic carbocycles. The quantitative estimate of drug-likeness (QED) is 0.152. The number of hydrogen-bond donors (Lipinski definition) is 5. The normalized spacial score (nSPS) is 20.0. The summed E-state index contributed by atoms with van der Waals surface area (Å²) >= 11 is 5.62. The molecular weight excluding hydrogens is 604 g/mol. The molecule has 2 unspecified atom stereocenters. The van der Waals surface area contributed by atoms with Gasteiger partial charge in [-0.3, -0.25) is 19.2 Å². The monoisotopic (exact) mass is 632 g/mol. The van der Waals surface area contributed by atoms with Crippen molar-refractivity contribution in [3.63, 3.8) is 0 Å². The van der Waals surface area contributed by atoms with Crippen LogP contribution in [0.5, 0.6) is 0 Å². The van der Waals surface area contributed by atoms with Crippen LogP contribution in [0.1, 0.15) is 13.8 Å². The molecule has 0 spiro atoms. The molecule has 0 radical (unpaired) electrons. The van der Waals surface area contributed by atoms with Gasteiger partial charge in [0, 0.05) is 23.3 Å². The second-order valence-electron chi connectivity index (χ2n) is 9.45. The van der Waals surface area contributed by atoms with E-state index in [1.165, 1.54) is 25.8 Å². The molecule has 0 bridgehead atoms. The predicted molar refractivity (Wildman–Crippen MR) is 161 cm³/mol. The van der Waals surface area contributed by atoms with Crippen LogP contribution in [0.4, 0.5) is 0 Å². The second kappa shape index (κ2) is 14.8. The van der Waals surface area contributed by atoms with Crippen molar-refractivity contribution in [2.45, 2.75) is 32.0 Å². The van der Waals surface area contributed by atoms with E-state index >= 15 is 0 Å². The van der Waals surface area contributed by atoms with Crippen LogP contribution in [0, 0.1) is 5.92 Å². The number of nitrogens with one attached hydrogen (secondary N) is 5. The summed E-state index contributed by atoms with van der Waals surface area (Å²) in [7, 11) is 2.76. The zero-order chi connectivity index (χ0) is 30.1. The lowest BCUT2D eigenvalue weighted by atomic mass is 10.0. The summed E-state index contributed by atoms with van der Waals surface area (Å²) in [6.45, 7) is 3.76. The number of aromatic amines is 1. The molecule has 4 heterocycles. The molecule has 222 valence electrons. The average Bonchev–Trinajstić information content (AvgIpc) is 3.62. The van der Waals surface area contributed by atoms with E-state index in [2.05, 4.69) is 47.0 Å². The van der Waals surface area contributed by atoms with Gasteiger partial charge in [0.2, 0.25) is 23.6 Å². The highest BCUT2D eigenvalue weighted by Crippen LogP contribution is 2.24.